The lowest BCUT2D eigenvalue weighted by Crippen LogP contribution is -2.05. The molecule has 0 bridgehead atoms. The average molecular weight is 403 g/mol. The lowest BCUT2D eigenvalue weighted by Gasteiger charge is -2.10. The van der Waals surface area contributed by atoms with Crippen LogP contribution in [0, 0.1) is 10.1 Å². The van der Waals surface area contributed by atoms with Crippen LogP contribution in [0.2, 0.25) is 0 Å². The molecule has 2 N–H and O–H groups in total. The van der Waals surface area contributed by atoms with Gasteiger partial charge >= 0.3 is 5.69 Å². The van der Waals surface area contributed by atoms with E-state index in [0.717, 1.165) is 8.95 Å². The van der Waals surface area contributed by atoms with Crippen LogP contribution in [-0.4, -0.2) is 21.9 Å². The largest absolute Gasteiger partial charge is 0.367 e. The summed E-state index contributed by atoms with van der Waals surface area (Å²) in [6.45, 7) is 0. The molecule has 0 radical (unpaired) electrons. The van der Waals surface area contributed by atoms with Crippen molar-refractivity contribution in [1.82, 2.24) is 9.97 Å². The molecule has 2 aromatic rings. The molecule has 0 atom stereocenters. The van der Waals surface area contributed by atoms with E-state index in [1.165, 1.54) is 6.33 Å². The van der Waals surface area contributed by atoms with Crippen molar-refractivity contribution in [3.8, 4) is 0 Å². The first-order valence-electron chi connectivity index (χ1n) is 5.42. The minimum Gasteiger partial charge on any atom is -0.367 e. The van der Waals surface area contributed by atoms with Gasteiger partial charge in [0, 0.05) is 16.0 Å². The second-order valence-corrected chi connectivity index (χ2v) is 5.45. The lowest BCUT2D eigenvalue weighted by molar-refractivity contribution is -0.383. The highest BCUT2D eigenvalue weighted by Gasteiger charge is 2.22. The van der Waals surface area contributed by atoms with Gasteiger partial charge in [-0.15, -0.1) is 0 Å². The number of hydrogen-bond donors (Lipinski definition) is 2. The van der Waals surface area contributed by atoms with Crippen LogP contribution in [0.15, 0.2) is 33.5 Å². The molecule has 1 heterocycles. The standard InChI is InChI=1S/C11H9Br2N5O2/c1-14-10-9(18(19)20)11(16-5-15-10)17-8-4-6(12)2-3-7(8)13/h2-5H,1H3,(H2,14,15,16,17). The Morgan fingerprint density at radius 2 is 1.95 bits per heavy atom. The molecular weight excluding hydrogens is 394 g/mol. The van der Waals surface area contributed by atoms with Crippen LogP contribution in [0.4, 0.5) is 23.0 Å². The minimum atomic E-state index is -0.528. The normalized spacial score (nSPS) is 10.2. The number of anilines is 3. The van der Waals surface area contributed by atoms with E-state index in [4.69, 9.17) is 0 Å². The number of aromatic nitrogens is 2. The Kier molecular flexibility index (Phi) is 4.50. The van der Waals surface area contributed by atoms with Gasteiger partial charge in [-0.1, -0.05) is 15.9 Å². The Labute approximate surface area is 131 Å². The molecule has 2 rings (SSSR count). The number of benzene rings is 1. The van der Waals surface area contributed by atoms with Crippen LogP contribution >= 0.6 is 31.9 Å². The van der Waals surface area contributed by atoms with E-state index in [1.807, 2.05) is 12.1 Å². The van der Waals surface area contributed by atoms with E-state index in [0.29, 0.717) is 5.69 Å². The Bertz CT molecular complexity index is 665. The topological polar surface area (TPSA) is 93.0 Å². The van der Waals surface area contributed by atoms with E-state index in [-0.39, 0.29) is 17.3 Å². The summed E-state index contributed by atoms with van der Waals surface area (Å²) in [5.74, 6) is 0.270. The van der Waals surface area contributed by atoms with Crippen LogP contribution in [0.3, 0.4) is 0 Å². The Morgan fingerprint density at radius 3 is 2.60 bits per heavy atom. The zero-order valence-electron chi connectivity index (χ0n) is 10.2. The van der Waals surface area contributed by atoms with Crippen molar-refractivity contribution < 1.29 is 4.92 Å². The number of hydrogen-bond acceptors (Lipinski definition) is 6. The first kappa shape index (κ1) is 14.7. The van der Waals surface area contributed by atoms with Gasteiger partial charge in [-0.25, -0.2) is 9.97 Å². The molecule has 1 aromatic carbocycles. The molecule has 9 heteroatoms. The maximum atomic E-state index is 11.2. The number of nitro groups is 1. The van der Waals surface area contributed by atoms with E-state index in [1.54, 1.807) is 13.1 Å². The van der Waals surface area contributed by atoms with Crippen LogP contribution in [0.1, 0.15) is 0 Å². The predicted molar refractivity (Wildman–Crippen MR) is 83.4 cm³/mol. The van der Waals surface area contributed by atoms with E-state index < -0.39 is 4.92 Å². The number of nitrogens with one attached hydrogen (secondary N) is 2. The number of nitrogens with zero attached hydrogens (tertiary/aromatic N) is 3. The molecule has 7 nitrogen and oxygen atoms in total. The molecule has 0 fully saturated rings. The first-order chi connectivity index (χ1) is 9.52. The summed E-state index contributed by atoms with van der Waals surface area (Å²) in [6.07, 6.45) is 1.26. The molecule has 104 valence electrons. The van der Waals surface area contributed by atoms with E-state index in [9.17, 15) is 10.1 Å². The monoisotopic (exact) mass is 401 g/mol. The van der Waals surface area contributed by atoms with Gasteiger partial charge in [0.2, 0.25) is 11.6 Å². The lowest BCUT2D eigenvalue weighted by atomic mass is 10.3. The number of rotatable bonds is 4. The van der Waals surface area contributed by atoms with Crippen molar-refractivity contribution >= 4 is 54.9 Å². The zero-order chi connectivity index (χ0) is 14.7. The van der Waals surface area contributed by atoms with Crippen LogP contribution in [0.25, 0.3) is 0 Å². The molecule has 20 heavy (non-hydrogen) atoms. The van der Waals surface area contributed by atoms with Gasteiger partial charge in [-0.05, 0) is 34.1 Å². The maximum Gasteiger partial charge on any atom is 0.353 e. The predicted octanol–water partition coefficient (Wildman–Crippen LogP) is 3.70. The Morgan fingerprint density at radius 1 is 1.25 bits per heavy atom. The van der Waals surface area contributed by atoms with Crippen molar-refractivity contribution in [2.24, 2.45) is 0 Å². The van der Waals surface area contributed by atoms with Crippen molar-refractivity contribution in [2.75, 3.05) is 17.7 Å². The molecule has 0 spiro atoms. The third-order valence-corrected chi connectivity index (χ3v) is 3.61. The van der Waals surface area contributed by atoms with E-state index in [2.05, 4.69) is 52.5 Å². The fourth-order valence-corrected chi connectivity index (χ4v) is 2.25. The summed E-state index contributed by atoms with van der Waals surface area (Å²) in [5, 5.41) is 16.8. The molecule has 0 aliphatic heterocycles. The second-order valence-electron chi connectivity index (χ2n) is 3.68. The van der Waals surface area contributed by atoms with Crippen molar-refractivity contribution in [3.05, 3.63) is 43.6 Å². The SMILES string of the molecule is CNc1ncnc(Nc2cc(Br)ccc2Br)c1[N+](=O)[O-]. The van der Waals surface area contributed by atoms with E-state index >= 15 is 0 Å². The molecule has 0 unspecified atom stereocenters. The molecule has 0 aliphatic rings. The first-order valence-corrected chi connectivity index (χ1v) is 7.00. The molecule has 0 amide bonds. The van der Waals surface area contributed by atoms with Crippen molar-refractivity contribution in [1.29, 1.82) is 0 Å². The zero-order valence-corrected chi connectivity index (χ0v) is 13.4. The molecule has 0 aliphatic carbocycles. The highest BCUT2D eigenvalue weighted by atomic mass is 79.9. The number of halogens is 2. The van der Waals surface area contributed by atoms with Gasteiger partial charge in [0.15, 0.2) is 0 Å². The maximum absolute atomic E-state index is 11.2. The summed E-state index contributed by atoms with van der Waals surface area (Å²) < 4.78 is 1.60. The van der Waals surface area contributed by atoms with Crippen molar-refractivity contribution in [2.45, 2.75) is 0 Å². The van der Waals surface area contributed by atoms with Crippen LogP contribution < -0.4 is 10.6 Å². The quantitative estimate of drug-likeness (QED) is 0.598. The third-order valence-electron chi connectivity index (χ3n) is 2.42. The molecule has 0 saturated heterocycles. The summed E-state index contributed by atoms with van der Waals surface area (Å²) in [4.78, 5) is 18.4. The highest BCUT2D eigenvalue weighted by Crippen LogP contribution is 2.34. The Balaban J connectivity index is 2.48. The van der Waals surface area contributed by atoms with Gasteiger partial charge < -0.3 is 10.6 Å². The summed E-state index contributed by atoms with van der Waals surface area (Å²) in [7, 11) is 1.56. The third kappa shape index (κ3) is 3.05. The smallest absolute Gasteiger partial charge is 0.353 e. The van der Waals surface area contributed by atoms with Gasteiger partial charge in [0.25, 0.3) is 0 Å². The summed E-state index contributed by atoms with van der Waals surface area (Å²) in [6, 6.07) is 5.45. The van der Waals surface area contributed by atoms with Gasteiger partial charge in [0.05, 0.1) is 10.6 Å². The fourth-order valence-electron chi connectivity index (χ4n) is 1.55. The minimum absolute atomic E-state index is 0.119. The summed E-state index contributed by atoms with van der Waals surface area (Å²) >= 11 is 6.72. The second kappa shape index (κ2) is 6.14. The molecule has 0 saturated carbocycles. The summed E-state index contributed by atoms with van der Waals surface area (Å²) in [5.41, 5.74) is 0.449. The van der Waals surface area contributed by atoms with Gasteiger partial charge in [-0.3, -0.25) is 10.1 Å². The molecular formula is C11H9Br2N5O2. The fraction of sp³-hybridized carbons (Fsp3) is 0.0909. The van der Waals surface area contributed by atoms with Crippen LogP contribution in [-0.2, 0) is 0 Å². The Hall–Kier alpha value is -1.74. The average Bonchev–Trinajstić information content (AvgIpc) is 2.42. The van der Waals surface area contributed by atoms with Crippen LogP contribution in [0.5, 0.6) is 0 Å². The highest BCUT2D eigenvalue weighted by molar-refractivity contribution is 9.11. The van der Waals surface area contributed by atoms with Gasteiger partial charge in [-0.2, -0.15) is 0 Å². The van der Waals surface area contributed by atoms with Crippen molar-refractivity contribution in [3.63, 3.8) is 0 Å². The van der Waals surface area contributed by atoms with Gasteiger partial charge in [0.1, 0.15) is 6.33 Å². The molecule has 1 aromatic heterocycles.